The number of likely N-dealkylation sites (N-methyl/N-ethyl adjacent to an activating group) is 1. The summed E-state index contributed by atoms with van der Waals surface area (Å²) in [6, 6.07) is 3.73. The highest BCUT2D eigenvalue weighted by Gasteiger charge is 2.34. The van der Waals surface area contributed by atoms with Crippen LogP contribution < -0.4 is 5.32 Å². The van der Waals surface area contributed by atoms with Crippen molar-refractivity contribution in [1.29, 1.82) is 0 Å². The van der Waals surface area contributed by atoms with E-state index in [2.05, 4.69) is 29.3 Å². The summed E-state index contributed by atoms with van der Waals surface area (Å²) >= 11 is 6.13. The van der Waals surface area contributed by atoms with Gasteiger partial charge in [-0.3, -0.25) is 0 Å². The maximum Gasteiger partial charge on any atom is 0.144 e. The minimum absolute atomic E-state index is 0.249. The molecule has 1 aliphatic carbocycles. The molecule has 18 heavy (non-hydrogen) atoms. The molecule has 1 aromatic rings. The van der Waals surface area contributed by atoms with Gasteiger partial charge in [-0.15, -0.1) is 0 Å². The lowest BCUT2D eigenvalue weighted by atomic mass is 9.80. The van der Waals surface area contributed by atoms with E-state index in [1.807, 2.05) is 12.1 Å². The fourth-order valence-electron chi connectivity index (χ4n) is 2.76. The smallest absolute Gasteiger partial charge is 0.144 e. The van der Waals surface area contributed by atoms with Crippen molar-refractivity contribution in [2.75, 3.05) is 26.0 Å². The topological polar surface area (TPSA) is 28.2 Å². The number of aromatic nitrogens is 1. The van der Waals surface area contributed by atoms with Crippen molar-refractivity contribution in [3.8, 4) is 0 Å². The first kappa shape index (κ1) is 13.6. The molecule has 4 heteroatoms. The summed E-state index contributed by atoms with van der Waals surface area (Å²) in [5, 5.41) is 4.12. The van der Waals surface area contributed by atoms with E-state index in [1.54, 1.807) is 6.20 Å². The Morgan fingerprint density at radius 3 is 2.67 bits per heavy atom. The van der Waals surface area contributed by atoms with E-state index in [4.69, 9.17) is 11.6 Å². The van der Waals surface area contributed by atoms with E-state index in [9.17, 15) is 0 Å². The van der Waals surface area contributed by atoms with Gasteiger partial charge >= 0.3 is 0 Å². The van der Waals surface area contributed by atoms with Crippen LogP contribution >= 0.6 is 11.6 Å². The van der Waals surface area contributed by atoms with Gasteiger partial charge in [-0.2, -0.15) is 0 Å². The van der Waals surface area contributed by atoms with Crippen LogP contribution in [0.2, 0.25) is 5.02 Å². The number of nitrogens with one attached hydrogen (secondary N) is 1. The Morgan fingerprint density at radius 1 is 1.33 bits per heavy atom. The predicted octanol–water partition coefficient (Wildman–Crippen LogP) is 3.41. The first-order valence-corrected chi connectivity index (χ1v) is 7.04. The van der Waals surface area contributed by atoms with Gasteiger partial charge in [0, 0.05) is 18.3 Å². The van der Waals surface area contributed by atoms with Gasteiger partial charge < -0.3 is 10.2 Å². The SMILES string of the molecule is CN(C)C1(CNc2ncccc2Cl)CCCCC1. The van der Waals surface area contributed by atoms with Gasteiger partial charge in [-0.05, 0) is 39.1 Å². The molecule has 0 amide bonds. The first-order chi connectivity index (χ1) is 8.64. The van der Waals surface area contributed by atoms with E-state index >= 15 is 0 Å². The van der Waals surface area contributed by atoms with Crippen LogP contribution in [0.1, 0.15) is 32.1 Å². The third-order valence-corrected chi connectivity index (χ3v) is 4.38. The van der Waals surface area contributed by atoms with Gasteiger partial charge in [-0.25, -0.2) is 4.98 Å². The Labute approximate surface area is 115 Å². The molecule has 100 valence electrons. The van der Waals surface area contributed by atoms with Crippen molar-refractivity contribution in [1.82, 2.24) is 9.88 Å². The number of nitrogens with zero attached hydrogens (tertiary/aromatic N) is 2. The highest BCUT2D eigenvalue weighted by molar-refractivity contribution is 6.32. The number of hydrogen-bond acceptors (Lipinski definition) is 3. The van der Waals surface area contributed by atoms with Crippen molar-refractivity contribution < 1.29 is 0 Å². The lowest BCUT2D eigenvalue weighted by molar-refractivity contribution is 0.113. The second-order valence-corrected chi connectivity index (χ2v) is 5.77. The quantitative estimate of drug-likeness (QED) is 0.906. The Morgan fingerprint density at radius 2 is 2.06 bits per heavy atom. The average molecular weight is 268 g/mol. The summed E-state index contributed by atoms with van der Waals surface area (Å²) in [7, 11) is 4.35. The van der Waals surface area contributed by atoms with E-state index < -0.39 is 0 Å². The molecule has 0 bridgehead atoms. The van der Waals surface area contributed by atoms with Crippen LogP contribution in [0.5, 0.6) is 0 Å². The molecule has 1 heterocycles. The van der Waals surface area contributed by atoms with Gasteiger partial charge in [0.1, 0.15) is 5.82 Å². The molecule has 1 fully saturated rings. The summed E-state index contributed by atoms with van der Waals surface area (Å²) in [5.41, 5.74) is 0.249. The second-order valence-electron chi connectivity index (χ2n) is 5.37. The molecule has 0 spiro atoms. The van der Waals surface area contributed by atoms with E-state index in [1.165, 1.54) is 32.1 Å². The maximum atomic E-state index is 6.13. The number of pyridine rings is 1. The summed E-state index contributed by atoms with van der Waals surface area (Å²) in [6.45, 7) is 0.913. The van der Waals surface area contributed by atoms with Crippen molar-refractivity contribution >= 4 is 17.4 Å². The van der Waals surface area contributed by atoms with Crippen molar-refractivity contribution in [3.63, 3.8) is 0 Å². The van der Waals surface area contributed by atoms with Gasteiger partial charge in [0.15, 0.2) is 0 Å². The zero-order chi connectivity index (χ0) is 13.0. The van der Waals surface area contributed by atoms with Gasteiger partial charge in [0.25, 0.3) is 0 Å². The highest BCUT2D eigenvalue weighted by Crippen LogP contribution is 2.32. The Balaban J connectivity index is 2.04. The molecule has 0 atom stereocenters. The molecule has 1 aliphatic rings. The molecule has 0 unspecified atom stereocenters. The highest BCUT2D eigenvalue weighted by atomic mass is 35.5. The fourth-order valence-corrected chi connectivity index (χ4v) is 2.94. The number of anilines is 1. The Bertz CT molecular complexity index is 386. The maximum absolute atomic E-state index is 6.13. The predicted molar refractivity (Wildman–Crippen MR) is 77.2 cm³/mol. The molecule has 0 aliphatic heterocycles. The van der Waals surface area contributed by atoms with Crippen molar-refractivity contribution in [3.05, 3.63) is 23.4 Å². The molecular formula is C14H22ClN3. The molecule has 2 rings (SSSR count). The van der Waals surface area contributed by atoms with Crippen LogP contribution in [0.25, 0.3) is 0 Å². The zero-order valence-electron chi connectivity index (χ0n) is 11.2. The van der Waals surface area contributed by atoms with Crippen molar-refractivity contribution in [2.24, 2.45) is 0 Å². The minimum atomic E-state index is 0.249. The molecule has 1 saturated carbocycles. The van der Waals surface area contributed by atoms with E-state index in [0.29, 0.717) is 5.02 Å². The minimum Gasteiger partial charge on any atom is -0.367 e. The molecule has 0 saturated heterocycles. The monoisotopic (exact) mass is 267 g/mol. The molecule has 1 aromatic heterocycles. The van der Waals surface area contributed by atoms with Crippen LogP contribution in [0.4, 0.5) is 5.82 Å². The summed E-state index contributed by atoms with van der Waals surface area (Å²) in [4.78, 5) is 6.65. The molecule has 0 aromatic carbocycles. The van der Waals surface area contributed by atoms with Gasteiger partial charge in [-0.1, -0.05) is 30.9 Å². The Hall–Kier alpha value is -0.800. The van der Waals surface area contributed by atoms with E-state index in [0.717, 1.165) is 12.4 Å². The third kappa shape index (κ3) is 2.96. The normalized spacial score (nSPS) is 18.9. The van der Waals surface area contributed by atoms with Gasteiger partial charge in [0.05, 0.1) is 5.02 Å². The standard InChI is InChI=1S/C14H22ClN3/c1-18(2)14(8-4-3-5-9-14)11-17-13-12(15)7-6-10-16-13/h6-7,10H,3-5,8-9,11H2,1-2H3,(H,16,17). The molecule has 1 N–H and O–H groups in total. The van der Waals surface area contributed by atoms with Crippen LogP contribution in [0.3, 0.4) is 0 Å². The third-order valence-electron chi connectivity index (χ3n) is 4.08. The van der Waals surface area contributed by atoms with Gasteiger partial charge in [0.2, 0.25) is 0 Å². The Kier molecular flexibility index (Phi) is 4.46. The van der Waals surface area contributed by atoms with E-state index in [-0.39, 0.29) is 5.54 Å². The van der Waals surface area contributed by atoms with Crippen LogP contribution in [-0.2, 0) is 0 Å². The zero-order valence-corrected chi connectivity index (χ0v) is 12.0. The van der Waals surface area contributed by atoms with Crippen molar-refractivity contribution in [2.45, 2.75) is 37.6 Å². The number of rotatable bonds is 4. The first-order valence-electron chi connectivity index (χ1n) is 6.66. The molecule has 0 radical (unpaired) electrons. The average Bonchev–Trinajstić information content (AvgIpc) is 2.39. The second kappa shape index (κ2) is 5.89. The summed E-state index contributed by atoms with van der Waals surface area (Å²) in [5.74, 6) is 0.797. The summed E-state index contributed by atoms with van der Waals surface area (Å²) < 4.78 is 0. The summed E-state index contributed by atoms with van der Waals surface area (Å²) in [6.07, 6.45) is 8.26. The molecular weight excluding hydrogens is 246 g/mol. The molecule has 3 nitrogen and oxygen atoms in total. The lowest BCUT2D eigenvalue weighted by Gasteiger charge is -2.43. The van der Waals surface area contributed by atoms with Crippen LogP contribution in [0, 0.1) is 0 Å². The number of halogens is 1. The number of hydrogen-bond donors (Lipinski definition) is 1. The fraction of sp³-hybridized carbons (Fsp3) is 0.643. The lowest BCUT2D eigenvalue weighted by Crippen LogP contribution is -2.51. The van der Waals surface area contributed by atoms with Crippen LogP contribution in [0.15, 0.2) is 18.3 Å². The van der Waals surface area contributed by atoms with Crippen LogP contribution in [-0.4, -0.2) is 36.1 Å². The largest absolute Gasteiger partial charge is 0.367 e.